The van der Waals surface area contributed by atoms with Crippen molar-refractivity contribution in [2.75, 3.05) is 34.7 Å². The van der Waals surface area contributed by atoms with Gasteiger partial charge in [-0.1, -0.05) is 30.3 Å². The number of nitrogens with zero attached hydrogens (tertiary/aromatic N) is 3. The van der Waals surface area contributed by atoms with Crippen LogP contribution in [-0.4, -0.2) is 56.5 Å². The van der Waals surface area contributed by atoms with Crippen molar-refractivity contribution >= 4 is 29.9 Å². The minimum atomic E-state index is 0. The van der Waals surface area contributed by atoms with Gasteiger partial charge < -0.3 is 10.2 Å². The Kier molecular flexibility index (Phi) is 10.4. The number of hydrogen-bond acceptors (Lipinski definition) is 2. The van der Waals surface area contributed by atoms with Crippen LogP contribution < -0.4 is 5.32 Å². The van der Waals surface area contributed by atoms with Gasteiger partial charge in [-0.05, 0) is 26.0 Å². The largest absolute Gasteiger partial charge is 0.356 e. The predicted molar refractivity (Wildman–Crippen MR) is 102 cm³/mol. The first-order chi connectivity index (χ1) is 9.54. The zero-order chi connectivity index (χ0) is 15.0. The minimum absolute atomic E-state index is 0. The molecule has 0 spiro atoms. The molecule has 0 bridgehead atoms. The van der Waals surface area contributed by atoms with Crippen molar-refractivity contribution in [2.24, 2.45) is 4.99 Å². The molecule has 1 aromatic rings. The van der Waals surface area contributed by atoms with Crippen LogP contribution in [0.2, 0.25) is 0 Å². The number of benzene rings is 1. The minimum Gasteiger partial charge on any atom is -0.356 e. The lowest BCUT2D eigenvalue weighted by Gasteiger charge is -2.25. The van der Waals surface area contributed by atoms with Crippen LogP contribution in [0.1, 0.15) is 18.9 Å². The Morgan fingerprint density at radius 2 is 1.81 bits per heavy atom. The average molecular weight is 404 g/mol. The van der Waals surface area contributed by atoms with Gasteiger partial charge in [0.05, 0.1) is 0 Å². The lowest BCUT2D eigenvalue weighted by molar-refractivity contribution is 0.238. The van der Waals surface area contributed by atoms with E-state index in [4.69, 9.17) is 0 Å². The Balaban J connectivity index is 0.00000400. The van der Waals surface area contributed by atoms with Gasteiger partial charge in [0.1, 0.15) is 0 Å². The average Bonchev–Trinajstić information content (AvgIpc) is 2.44. The fourth-order valence-corrected chi connectivity index (χ4v) is 2.08. The van der Waals surface area contributed by atoms with E-state index in [2.05, 4.69) is 59.5 Å². The highest BCUT2D eigenvalue weighted by molar-refractivity contribution is 14.0. The van der Waals surface area contributed by atoms with Crippen LogP contribution in [0.15, 0.2) is 35.3 Å². The highest BCUT2D eigenvalue weighted by atomic mass is 127. The summed E-state index contributed by atoms with van der Waals surface area (Å²) in [7, 11) is 7.99. The summed E-state index contributed by atoms with van der Waals surface area (Å²) < 4.78 is 0. The Labute approximate surface area is 146 Å². The van der Waals surface area contributed by atoms with E-state index >= 15 is 0 Å². The number of nitrogens with one attached hydrogen (secondary N) is 1. The van der Waals surface area contributed by atoms with Crippen molar-refractivity contribution in [1.82, 2.24) is 15.1 Å². The summed E-state index contributed by atoms with van der Waals surface area (Å²) in [6.45, 7) is 4.19. The molecule has 5 heteroatoms. The summed E-state index contributed by atoms with van der Waals surface area (Å²) >= 11 is 0. The fourth-order valence-electron chi connectivity index (χ4n) is 2.08. The molecule has 1 N–H and O–H groups in total. The molecule has 120 valence electrons. The molecule has 0 saturated heterocycles. The van der Waals surface area contributed by atoms with Crippen molar-refractivity contribution in [3.63, 3.8) is 0 Å². The molecule has 0 aliphatic heterocycles. The monoisotopic (exact) mass is 404 g/mol. The molecule has 0 radical (unpaired) electrons. The van der Waals surface area contributed by atoms with Crippen LogP contribution >= 0.6 is 24.0 Å². The van der Waals surface area contributed by atoms with Gasteiger partial charge >= 0.3 is 0 Å². The van der Waals surface area contributed by atoms with E-state index in [-0.39, 0.29) is 24.0 Å². The first kappa shape index (κ1) is 20.2. The number of halogens is 1. The summed E-state index contributed by atoms with van der Waals surface area (Å²) in [5, 5.41) is 3.37. The summed E-state index contributed by atoms with van der Waals surface area (Å²) in [4.78, 5) is 8.60. The van der Waals surface area contributed by atoms with E-state index in [9.17, 15) is 0 Å². The van der Waals surface area contributed by atoms with Crippen molar-refractivity contribution in [2.45, 2.75) is 25.9 Å². The van der Waals surface area contributed by atoms with E-state index in [0.29, 0.717) is 6.04 Å². The molecule has 1 unspecified atom stereocenters. The molecule has 1 rings (SSSR count). The Morgan fingerprint density at radius 3 is 2.33 bits per heavy atom. The predicted octanol–water partition coefficient (Wildman–Crippen LogP) is 2.65. The van der Waals surface area contributed by atoms with Crippen LogP contribution in [0.3, 0.4) is 0 Å². The zero-order valence-electron chi connectivity index (χ0n) is 13.8. The van der Waals surface area contributed by atoms with E-state index in [1.807, 2.05) is 26.0 Å². The van der Waals surface area contributed by atoms with E-state index < -0.39 is 0 Å². The molecule has 0 fully saturated rings. The van der Waals surface area contributed by atoms with Gasteiger partial charge in [-0.3, -0.25) is 9.89 Å². The third kappa shape index (κ3) is 7.66. The lowest BCUT2D eigenvalue weighted by atomic mass is 10.1. The molecule has 0 saturated carbocycles. The number of hydrogen-bond donors (Lipinski definition) is 1. The summed E-state index contributed by atoms with van der Waals surface area (Å²) in [6.07, 6.45) is 1.09. The molecule has 1 aromatic carbocycles. The maximum atomic E-state index is 4.21. The quantitative estimate of drug-likeness (QED) is 0.449. The molecular weight excluding hydrogens is 375 g/mol. The topological polar surface area (TPSA) is 30.9 Å². The van der Waals surface area contributed by atoms with E-state index in [1.54, 1.807) is 0 Å². The van der Waals surface area contributed by atoms with Crippen LogP contribution in [0.5, 0.6) is 0 Å². The zero-order valence-corrected chi connectivity index (χ0v) is 16.2. The summed E-state index contributed by atoms with van der Waals surface area (Å²) in [5.74, 6) is 0.933. The van der Waals surface area contributed by atoms with Gasteiger partial charge in [-0.25, -0.2) is 0 Å². The lowest BCUT2D eigenvalue weighted by Crippen LogP contribution is -2.39. The van der Waals surface area contributed by atoms with Gasteiger partial charge in [0.25, 0.3) is 0 Å². The first-order valence-corrected chi connectivity index (χ1v) is 7.16. The normalized spacial score (nSPS) is 12.8. The summed E-state index contributed by atoms with van der Waals surface area (Å²) in [5.41, 5.74) is 1.36. The van der Waals surface area contributed by atoms with Gasteiger partial charge in [-0.2, -0.15) is 0 Å². The van der Waals surface area contributed by atoms with Gasteiger partial charge in [-0.15, -0.1) is 24.0 Å². The first-order valence-electron chi connectivity index (χ1n) is 7.16. The van der Waals surface area contributed by atoms with E-state index in [0.717, 1.165) is 25.5 Å². The number of aliphatic imine (C=N–C) groups is 1. The second kappa shape index (κ2) is 10.8. The molecule has 0 aliphatic carbocycles. The molecule has 0 amide bonds. The maximum Gasteiger partial charge on any atom is 0.193 e. The Hall–Kier alpha value is -0.820. The molecule has 21 heavy (non-hydrogen) atoms. The van der Waals surface area contributed by atoms with Crippen LogP contribution in [0.4, 0.5) is 0 Å². The molecule has 4 nitrogen and oxygen atoms in total. The van der Waals surface area contributed by atoms with Gasteiger partial charge in [0.2, 0.25) is 0 Å². The van der Waals surface area contributed by atoms with Crippen LogP contribution in [0, 0.1) is 0 Å². The molecule has 1 atom stereocenters. The van der Waals surface area contributed by atoms with Crippen LogP contribution in [-0.2, 0) is 6.54 Å². The molecular formula is C16H29IN4. The van der Waals surface area contributed by atoms with Crippen molar-refractivity contribution in [3.05, 3.63) is 35.9 Å². The highest BCUT2D eigenvalue weighted by Crippen LogP contribution is 2.07. The van der Waals surface area contributed by atoms with Crippen molar-refractivity contribution in [1.29, 1.82) is 0 Å². The third-order valence-corrected chi connectivity index (χ3v) is 3.51. The van der Waals surface area contributed by atoms with E-state index in [1.165, 1.54) is 5.56 Å². The fraction of sp³-hybridized carbons (Fsp3) is 0.562. The second-order valence-electron chi connectivity index (χ2n) is 5.41. The third-order valence-electron chi connectivity index (χ3n) is 3.51. The SMILES string of the molecule is CN=C(NCCC(C)N(C)Cc1ccccc1)N(C)C.I. The summed E-state index contributed by atoms with van der Waals surface area (Å²) in [6, 6.07) is 11.1. The van der Waals surface area contributed by atoms with Crippen LogP contribution in [0.25, 0.3) is 0 Å². The second-order valence-corrected chi connectivity index (χ2v) is 5.41. The van der Waals surface area contributed by atoms with Gasteiger partial charge in [0.15, 0.2) is 5.96 Å². The van der Waals surface area contributed by atoms with Crippen molar-refractivity contribution < 1.29 is 0 Å². The maximum absolute atomic E-state index is 4.21. The molecule has 0 heterocycles. The smallest absolute Gasteiger partial charge is 0.193 e. The molecule has 0 aromatic heterocycles. The highest BCUT2D eigenvalue weighted by Gasteiger charge is 2.10. The Morgan fingerprint density at radius 1 is 1.19 bits per heavy atom. The Bertz CT molecular complexity index is 406. The van der Waals surface area contributed by atoms with Crippen molar-refractivity contribution in [3.8, 4) is 0 Å². The van der Waals surface area contributed by atoms with Gasteiger partial charge in [0, 0.05) is 40.3 Å². The molecule has 0 aliphatic rings. The standard InChI is InChI=1S/C16H28N4.HI/c1-14(11-12-18-16(17-2)19(3)4)20(5)13-15-9-7-6-8-10-15;/h6-10,14H,11-13H2,1-5H3,(H,17,18);1H. The number of guanidine groups is 1. The number of rotatable bonds is 6.